The molecule has 0 unspecified atom stereocenters. The van der Waals surface area contributed by atoms with E-state index in [4.69, 9.17) is 0 Å². The first-order chi connectivity index (χ1) is 12.4. The molecule has 27 heavy (non-hydrogen) atoms. The monoisotopic (exact) mass is 364 g/mol. The number of aromatic carboxylic acids is 1. The molecule has 0 saturated heterocycles. The highest BCUT2D eigenvalue weighted by Crippen LogP contribution is 2.39. The lowest BCUT2D eigenvalue weighted by molar-refractivity contribution is 0.0696. The lowest BCUT2D eigenvalue weighted by Gasteiger charge is -2.28. The van der Waals surface area contributed by atoms with E-state index in [0.717, 1.165) is 16.7 Å². The molecule has 2 aromatic rings. The summed E-state index contributed by atoms with van der Waals surface area (Å²) in [6.07, 6.45) is 0.487. The number of aromatic hydroxyl groups is 1. The van der Waals surface area contributed by atoms with Crippen LogP contribution in [0.5, 0.6) is 5.75 Å². The first-order valence-electron chi connectivity index (χ1n) is 9.09. The highest BCUT2D eigenvalue weighted by molar-refractivity contribution is 5.90. The summed E-state index contributed by atoms with van der Waals surface area (Å²) in [5.41, 5.74) is 3.16. The summed E-state index contributed by atoms with van der Waals surface area (Å²) in [6, 6.07) is 10.8. The van der Waals surface area contributed by atoms with Gasteiger partial charge in [0.25, 0.3) is 0 Å². The van der Waals surface area contributed by atoms with Crippen molar-refractivity contribution in [2.24, 2.45) is 0 Å². The van der Waals surface area contributed by atoms with E-state index in [1.807, 2.05) is 12.1 Å². The molecule has 3 heteroatoms. The van der Waals surface area contributed by atoms with Crippen LogP contribution < -0.4 is 0 Å². The molecule has 0 aliphatic carbocycles. The van der Waals surface area contributed by atoms with Gasteiger partial charge in [0.05, 0.1) is 5.56 Å². The number of rotatable bonds is 2. The predicted octanol–water partition coefficient (Wildman–Crippen LogP) is 5.28. The van der Waals surface area contributed by atoms with Crippen molar-refractivity contribution in [1.29, 1.82) is 0 Å². The number of carboxylic acids is 1. The van der Waals surface area contributed by atoms with E-state index >= 15 is 0 Å². The van der Waals surface area contributed by atoms with Crippen molar-refractivity contribution >= 4 is 5.97 Å². The Labute approximate surface area is 162 Å². The van der Waals surface area contributed by atoms with Crippen LogP contribution in [-0.2, 0) is 17.3 Å². The Hall–Kier alpha value is -2.73. The van der Waals surface area contributed by atoms with E-state index in [-0.39, 0.29) is 16.4 Å². The third-order valence-corrected chi connectivity index (χ3v) is 4.46. The maximum Gasteiger partial charge on any atom is 0.336 e. The van der Waals surface area contributed by atoms with Gasteiger partial charge in [-0.2, -0.15) is 0 Å². The Morgan fingerprint density at radius 3 is 1.96 bits per heavy atom. The van der Waals surface area contributed by atoms with Crippen LogP contribution in [0, 0.1) is 11.8 Å². The summed E-state index contributed by atoms with van der Waals surface area (Å²) in [5.74, 6) is 5.45. The molecule has 2 aromatic carbocycles. The van der Waals surface area contributed by atoms with Crippen molar-refractivity contribution in [2.45, 2.75) is 58.8 Å². The fourth-order valence-electron chi connectivity index (χ4n) is 2.96. The Morgan fingerprint density at radius 1 is 0.963 bits per heavy atom. The summed E-state index contributed by atoms with van der Waals surface area (Å²) in [5, 5.41) is 20.1. The number of carboxylic acid groups (broad SMARTS) is 1. The second kappa shape index (κ2) is 7.48. The topological polar surface area (TPSA) is 57.5 Å². The van der Waals surface area contributed by atoms with E-state index in [9.17, 15) is 15.0 Å². The van der Waals surface area contributed by atoms with Crippen LogP contribution in [-0.4, -0.2) is 16.2 Å². The highest BCUT2D eigenvalue weighted by Gasteiger charge is 2.26. The van der Waals surface area contributed by atoms with Crippen molar-refractivity contribution in [3.05, 3.63) is 64.2 Å². The molecule has 0 fully saturated rings. The zero-order valence-electron chi connectivity index (χ0n) is 17.0. The van der Waals surface area contributed by atoms with Crippen LogP contribution in [0.15, 0.2) is 36.4 Å². The molecule has 0 spiro atoms. The van der Waals surface area contributed by atoms with Crippen molar-refractivity contribution in [2.75, 3.05) is 0 Å². The molecule has 2 rings (SSSR count). The van der Waals surface area contributed by atoms with Crippen LogP contribution in [0.25, 0.3) is 0 Å². The van der Waals surface area contributed by atoms with Crippen LogP contribution in [0.2, 0.25) is 0 Å². The zero-order chi connectivity index (χ0) is 20.4. The normalized spacial score (nSPS) is 11.6. The standard InChI is InChI=1S/C24H28O3/c1-23(2,3)19-14-16(15-20(21(19)25)24(4,5)6)10-9-12-17-11-7-8-13-18(17)22(26)27/h7-8,11,13-15,25H,10H2,1-6H3,(H,26,27). The number of hydrogen-bond donors (Lipinski definition) is 2. The van der Waals surface area contributed by atoms with Gasteiger partial charge in [-0.15, -0.1) is 0 Å². The molecular formula is C24H28O3. The molecule has 2 N–H and O–H groups in total. The third-order valence-electron chi connectivity index (χ3n) is 4.46. The second-order valence-corrected chi connectivity index (χ2v) is 8.87. The van der Waals surface area contributed by atoms with Gasteiger partial charge in [0.15, 0.2) is 0 Å². The van der Waals surface area contributed by atoms with Gasteiger partial charge in [0, 0.05) is 12.0 Å². The molecular weight excluding hydrogens is 336 g/mol. The van der Waals surface area contributed by atoms with Crippen LogP contribution in [0.4, 0.5) is 0 Å². The lowest BCUT2D eigenvalue weighted by Crippen LogP contribution is -2.17. The van der Waals surface area contributed by atoms with Gasteiger partial charge in [-0.05, 0) is 39.7 Å². The Balaban J connectivity index is 2.46. The minimum Gasteiger partial charge on any atom is -0.507 e. The average molecular weight is 364 g/mol. The zero-order valence-corrected chi connectivity index (χ0v) is 17.0. The Kier molecular flexibility index (Phi) is 5.70. The molecule has 0 aliphatic rings. The van der Waals surface area contributed by atoms with Gasteiger partial charge < -0.3 is 10.2 Å². The van der Waals surface area contributed by atoms with Crippen molar-refractivity contribution in [3.8, 4) is 17.6 Å². The number of benzene rings is 2. The molecule has 0 aliphatic heterocycles. The van der Waals surface area contributed by atoms with Crippen LogP contribution in [0.1, 0.15) is 74.2 Å². The number of phenols is 1. The first kappa shape index (κ1) is 20.6. The second-order valence-electron chi connectivity index (χ2n) is 8.87. The van der Waals surface area contributed by atoms with Gasteiger partial charge in [-0.25, -0.2) is 4.79 Å². The van der Waals surface area contributed by atoms with E-state index in [0.29, 0.717) is 17.7 Å². The summed E-state index contributed by atoms with van der Waals surface area (Å²) >= 11 is 0. The SMILES string of the molecule is CC(C)(C)c1cc(CC#Cc2ccccc2C(=O)O)cc(C(C)(C)C)c1O. The van der Waals surface area contributed by atoms with Crippen LogP contribution in [0.3, 0.4) is 0 Å². The number of phenolic OH excluding ortho intramolecular Hbond substituents is 1. The average Bonchev–Trinajstić information content (AvgIpc) is 2.54. The van der Waals surface area contributed by atoms with E-state index < -0.39 is 5.97 Å². The fourth-order valence-corrected chi connectivity index (χ4v) is 2.96. The Morgan fingerprint density at radius 2 is 1.48 bits per heavy atom. The number of carbonyl (C=O) groups is 1. The molecule has 0 radical (unpaired) electrons. The van der Waals surface area contributed by atoms with Gasteiger partial charge in [0.1, 0.15) is 5.75 Å². The summed E-state index contributed by atoms with van der Waals surface area (Å²) < 4.78 is 0. The number of hydrogen-bond acceptors (Lipinski definition) is 2. The van der Waals surface area contributed by atoms with Gasteiger partial charge >= 0.3 is 5.97 Å². The molecule has 0 aromatic heterocycles. The van der Waals surface area contributed by atoms with E-state index in [1.54, 1.807) is 24.3 Å². The molecule has 0 heterocycles. The molecule has 0 atom stereocenters. The van der Waals surface area contributed by atoms with Gasteiger partial charge in [-0.1, -0.05) is 77.6 Å². The first-order valence-corrected chi connectivity index (χ1v) is 9.09. The van der Waals surface area contributed by atoms with E-state index in [2.05, 4.69) is 53.4 Å². The molecule has 0 saturated carbocycles. The summed E-state index contributed by atoms with van der Waals surface area (Å²) in [6.45, 7) is 12.5. The Bertz CT molecular complexity index is 878. The molecule has 0 amide bonds. The van der Waals surface area contributed by atoms with Gasteiger partial charge in [-0.3, -0.25) is 0 Å². The smallest absolute Gasteiger partial charge is 0.336 e. The molecule has 3 nitrogen and oxygen atoms in total. The van der Waals surface area contributed by atoms with Crippen LogP contribution >= 0.6 is 0 Å². The summed E-state index contributed by atoms with van der Waals surface area (Å²) in [4.78, 5) is 11.3. The van der Waals surface area contributed by atoms with Crippen molar-refractivity contribution in [3.63, 3.8) is 0 Å². The fraction of sp³-hybridized carbons (Fsp3) is 0.375. The molecule has 0 bridgehead atoms. The maximum atomic E-state index is 11.3. The lowest BCUT2D eigenvalue weighted by atomic mass is 9.78. The third kappa shape index (κ3) is 4.92. The molecule has 142 valence electrons. The minimum absolute atomic E-state index is 0.191. The quantitative estimate of drug-likeness (QED) is 0.713. The minimum atomic E-state index is -0.977. The highest BCUT2D eigenvalue weighted by atomic mass is 16.4. The summed E-state index contributed by atoms with van der Waals surface area (Å²) in [7, 11) is 0. The maximum absolute atomic E-state index is 11.3. The largest absolute Gasteiger partial charge is 0.507 e. The van der Waals surface area contributed by atoms with E-state index in [1.165, 1.54) is 0 Å². The van der Waals surface area contributed by atoms with Crippen molar-refractivity contribution in [1.82, 2.24) is 0 Å². The predicted molar refractivity (Wildman–Crippen MR) is 109 cm³/mol. The van der Waals surface area contributed by atoms with Crippen molar-refractivity contribution < 1.29 is 15.0 Å². The van der Waals surface area contributed by atoms with Gasteiger partial charge in [0.2, 0.25) is 0 Å².